The lowest BCUT2D eigenvalue weighted by atomic mass is 10.1. The standard InChI is InChI=1S/C30H37N3O4S/c1-4-21-31-30(35)28(5-2)32(22-20-25-12-8-6-9-13-25)29(34)23-33(26-18-16-24(3)17-19-26)38(36,37)27-14-10-7-11-15-27/h6-19,28H,4-5,20-23H2,1-3H3,(H,31,35)/t28-/m1/s1. The average Bonchev–Trinajstić information content (AvgIpc) is 2.94. The summed E-state index contributed by atoms with van der Waals surface area (Å²) < 4.78 is 28.6. The maximum atomic E-state index is 13.9. The van der Waals surface area contributed by atoms with E-state index in [4.69, 9.17) is 0 Å². The van der Waals surface area contributed by atoms with Crippen molar-refractivity contribution in [3.63, 3.8) is 0 Å². The minimum Gasteiger partial charge on any atom is -0.354 e. The molecule has 1 N–H and O–H groups in total. The molecule has 0 aromatic heterocycles. The Morgan fingerprint density at radius 2 is 1.47 bits per heavy atom. The fourth-order valence-electron chi connectivity index (χ4n) is 4.22. The van der Waals surface area contributed by atoms with Crippen LogP contribution in [0.5, 0.6) is 0 Å². The second-order valence-electron chi connectivity index (χ2n) is 9.20. The van der Waals surface area contributed by atoms with Crippen molar-refractivity contribution in [3.8, 4) is 0 Å². The average molecular weight is 536 g/mol. The number of nitrogens with one attached hydrogen (secondary N) is 1. The molecule has 1 atom stereocenters. The molecule has 3 aromatic carbocycles. The fourth-order valence-corrected chi connectivity index (χ4v) is 5.66. The van der Waals surface area contributed by atoms with Crippen LogP contribution in [0.2, 0.25) is 0 Å². The molecule has 3 aromatic rings. The highest BCUT2D eigenvalue weighted by Crippen LogP contribution is 2.25. The summed E-state index contributed by atoms with van der Waals surface area (Å²) in [6, 6.07) is 24.1. The molecule has 0 fully saturated rings. The number of anilines is 1. The smallest absolute Gasteiger partial charge is 0.264 e. The molecule has 0 radical (unpaired) electrons. The Morgan fingerprint density at radius 3 is 2.05 bits per heavy atom. The molecule has 202 valence electrons. The van der Waals surface area contributed by atoms with Crippen LogP contribution in [-0.4, -0.2) is 50.8 Å². The molecular formula is C30H37N3O4S. The molecule has 0 spiro atoms. The summed E-state index contributed by atoms with van der Waals surface area (Å²) in [6.07, 6.45) is 1.73. The highest BCUT2D eigenvalue weighted by molar-refractivity contribution is 7.92. The number of nitrogens with zero attached hydrogens (tertiary/aromatic N) is 2. The zero-order chi connectivity index (χ0) is 27.5. The first-order chi connectivity index (χ1) is 18.3. The van der Waals surface area contributed by atoms with Crippen LogP contribution in [0.4, 0.5) is 5.69 Å². The lowest BCUT2D eigenvalue weighted by Crippen LogP contribution is -2.53. The molecule has 0 unspecified atom stereocenters. The van der Waals surface area contributed by atoms with Crippen LogP contribution in [0.1, 0.15) is 37.8 Å². The predicted molar refractivity (Wildman–Crippen MR) is 151 cm³/mol. The van der Waals surface area contributed by atoms with Crippen molar-refractivity contribution in [1.82, 2.24) is 10.2 Å². The second kappa shape index (κ2) is 13.8. The first kappa shape index (κ1) is 28.9. The third-order valence-electron chi connectivity index (χ3n) is 6.35. The van der Waals surface area contributed by atoms with Crippen LogP contribution in [-0.2, 0) is 26.0 Å². The van der Waals surface area contributed by atoms with Crippen LogP contribution in [0.15, 0.2) is 89.8 Å². The third-order valence-corrected chi connectivity index (χ3v) is 8.14. The molecule has 0 saturated heterocycles. The minimum atomic E-state index is -4.04. The van der Waals surface area contributed by atoms with Gasteiger partial charge in [0.05, 0.1) is 10.6 Å². The number of amides is 2. The Labute approximate surface area is 226 Å². The van der Waals surface area contributed by atoms with Crippen molar-refractivity contribution in [2.75, 3.05) is 23.9 Å². The molecular weight excluding hydrogens is 498 g/mol. The summed E-state index contributed by atoms with van der Waals surface area (Å²) >= 11 is 0. The molecule has 0 saturated carbocycles. The number of aryl methyl sites for hydroxylation is 1. The van der Waals surface area contributed by atoms with Gasteiger partial charge >= 0.3 is 0 Å². The number of hydrogen-bond acceptors (Lipinski definition) is 4. The van der Waals surface area contributed by atoms with Crippen LogP contribution in [0, 0.1) is 6.92 Å². The molecule has 8 heteroatoms. The van der Waals surface area contributed by atoms with Crippen LogP contribution in [0.3, 0.4) is 0 Å². The van der Waals surface area contributed by atoms with Gasteiger partial charge in [0.15, 0.2) is 0 Å². The number of rotatable bonds is 13. The second-order valence-corrected chi connectivity index (χ2v) is 11.1. The van der Waals surface area contributed by atoms with Gasteiger partial charge in [-0.25, -0.2) is 8.42 Å². The summed E-state index contributed by atoms with van der Waals surface area (Å²) in [5.41, 5.74) is 2.39. The number of hydrogen-bond donors (Lipinski definition) is 1. The summed E-state index contributed by atoms with van der Waals surface area (Å²) in [5.74, 6) is -0.664. The van der Waals surface area contributed by atoms with E-state index in [9.17, 15) is 18.0 Å². The highest BCUT2D eigenvalue weighted by atomic mass is 32.2. The Balaban J connectivity index is 1.97. The summed E-state index contributed by atoms with van der Waals surface area (Å²) in [7, 11) is -4.04. The zero-order valence-corrected chi connectivity index (χ0v) is 23.2. The van der Waals surface area contributed by atoms with E-state index in [0.29, 0.717) is 25.1 Å². The zero-order valence-electron chi connectivity index (χ0n) is 22.3. The van der Waals surface area contributed by atoms with Gasteiger partial charge in [0.2, 0.25) is 11.8 Å². The van der Waals surface area contributed by atoms with Gasteiger partial charge in [-0.05, 0) is 56.0 Å². The molecule has 0 bridgehead atoms. The Hall–Kier alpha value is -3.65. The Morgan fingerprint density at radius 1 is 0.868 bits per heavy atom. The normalized spacial score (nSPS) is 12.0. The number of sulfonamides is 1. The quantitative estimate of drug-likeness (QED) is 0.348. The minimum absolute atomic E-state index is 0.0944. The van der Waals surface area contributed by atoms with Gasteiger partial charge in [-0.15, -0.1) is 0 Å². The van der Waals surface area contributed by atoms with E-state index in [1.807, 2.05) is 63.2 Å². The first-order valence-corrected chi connectivity index (χ1v) is 14.5. The van der Waals surface area contributed by atoms with E-state index in [2.05, 4.69) is 5.32 Å². The van der Waals surface area contributed by atoms with Gasteiger partial charge in [0, 0.05) is 13.1 Å². The molecule has 0 aliphatic rings. The lowest BCUT2D eigenvalue weighted by Gasteiger charge is -2.33. The van der Waals surface area contributed by atoms with E-state index in [1.54, 1.807) is 30.3 Å². The van der Waals surface area contributed by atoms with E-state index in [-0.39, 0.29) is 17.3 Å². The predicted octanol–water partition coefficient (Wildman–Crippen LogP) is 4.57. The van der Waals surface area contributed by atoms with Crippen molar-refractivity contribution in [3.05, 3.63) is 96.1 Å². The molecule has 0 aliphatic heterocycles. The lowest BCUT2D eigenvalue weighted by molar-refractivity contribution is -0.139. The fraction of sp³-hybridized carbons (Fsp3) is 0.333. The van der Waals surface area contributed by atoms with Gasteiger partial charge < -0.3 is 10.2 Å². The molecule has 38 heavy (non-hydrogen) atoms. The van der Waals surface area contributed by atoms with Gasteiger partial charge in [-0.3, -0.25) is 13.9 Å². The number of carbonyl (C=O) groups excluding carboxylic acids is 2. The van der Waals surface area contributed by atoms with Gasteiger partial charge in [0.1, 0.15) is 12.6 Å². The molecule has 0 heterocycles. The summed E-state index contributed by atoms with van der Waals surface area (Å²) in [6.45, 7) is 6.11. The van der Waals surface area contributed by atoms with Crippen LogP contribution in [0.25, 0.3) is 0 Å². The van der Waals surface area contributed by atoms with Gasteiger partial charge in [-0.2, -0.15) is 0 Å². The van der Waals surface area contributed by atoms with Crippen molar-refractivity contribution in [1.29, 1.82) is 0 Å². The number of carbonyl (C=O) groups is 2. The molecule has 7 nitrogen and oxygen atoms in total. The first-order valence-electron chi connectivity index (χ1n) is 13.0. The third kappa shape index (κ3) is 7.44. The Bertz CT molecular complexity index is 1280. The van der Waals surface area contributed by atoms with Gasteiger partial charge in [0.25, 0.3) is 10.0 Å². The van der Waals surface area contributed by atoms with Crippen LogP contribution < -0.4 is 9.62 Å². The topological polar surface area (TPSA) is 86.8 Å². The van der Waals surface area contributed by atoms with Crippen LogP contribution >= 0.6 is 0 Å². The van der Waals surface area contributed by atoms with E-state index in [1.165, 1.54) is 17.0 Å². The van der Waals surface area contributed by atoms with E-state index >= 15 is 0 Å². The van der Waals surface area contributed by atoms with Gasteiger partial charge in [-0.1, -0.05) is 80.1 Å². The SMILES string of the molecule is CCCNC(=O)[C@@H](CC)N(CCc1ccccc1)C(=O)CN(c1ccc(C)cc1)S(=O)(=O)c1ccccc1. The summed E-state index contributed by atoms with van der Waals surface area (Å²) in [5, 5.41) is 2.90. The molecule has 3 rings (SSSR count). The monoisotopic (exact) mass is 535 g/mol. The Kier molecular flexibility index (Phi) is 10.5. The molecule has 0 aliphatic carbocycles. The largest absolute Gasteiger partial charge is 0.354 e. The summed E-state index contributed by atoms with van der Waals surface area (Å²) in [4.78, 5) is 28.6. The maximum Gasteiger partial charge on any atom is 0.264 e. The highest BCUT2D eigenvalue weighted by Gasteiger charge is 2.33. The molecule has 2 amide bonds. The van der Waals surface area contributed by atoms with Crippen molar-refractivity contribution >= 4 is 27.5 Å². The van der Waals surface area contributed by atoms with Crippen molar-refractivity contribution in [2.45, 2.75) is 51.0 Å². The number of benzene rings is 3. The van der Waals surface area contributed by atoms with E-state index < -0.39 is 28.5 Å². The van der Waals surface area contributed by atoms with Crippen molar-refractivity contribution < 1.29 is 18.0 Å². The van der Waals surface area contributed by atoms with Crippen molar-refractivity contribution in [2.24, 2.45) is 0 Å². The maximum absolute atomic E-state index is 13.9. The van der Waals surface area contributed by atoms with E-state index in [0.717, 1.165) is 21.9 Å².